The van der Waals surface area contributed by atoms with Crippen molar-refractivity contribution in [1.82, 2.24) is 9.55 Å². The van der Waals surface area contributed by atoms with Gasteiger partial charge in [0.2, 0.25) is 0 Å². The second-order valence-corrected chi connectivity index (χ2v) is 4.39. The third kappa shape index (κ3) is 1.33. The number of aromatic nitrogens is 2. The van der Waals surface area contributed by atoms with Crippen molar-refractivity contribution in [1.29, 1.82) is 0 Å². The van der Waals surface area contributed by atoms with Crippen molar-refractivity contribution in [3.05, 3.63) is 27.1 Å². The summed E-state index contributed by atoms with van der Waals surface area (Å²) in [5.74, 6) is 0. The third-order valence-electron chi connectivity index (χ3n) is 2.41. The van der Waals surface area contributed by atoms with Crippen LogP contribution in [0, 0.1) is 10.5 Å². The zero-order valence-corrected chi connectivity index (χ0v) is 10.2. The predicted molar refractivity (Wildman–Crippen MR) is 64.1 cm³/mol. The molecule has 14 heavy (non-hydrogen) atoms. The first-order chi connectivity index (χ1) is 6.65. The van der Waals surface area contributed by atoms with Crippen molar-refractivity contribution in [2.75, 3.05) is 0 Å². The molecule has 4 heteroatoms. The Morgan fingerprint density at radius 2 is 2.29 bits per heavy atom. The van der Waals surface area contributed by atoms with Gasteiger partial charge in [-0.25, -0.2) is 4.98 Å². The number of aryl methyl sites for hydroxylation is 2. The number of hydrogen-bond donors (Lipinski definition) is 1. The Hall–Kier alpha value is -0.620. The molecule has 2 aromatic heterocycles. The second-order valence-electron chi connectivity index (χ2n) is 3.31. The van der Waals surface area contributed by atoms with Gasteiger partial charge in [-0.1, -0.05) is 0 Å². The molecule has 2 heterocycles. The van der Waals surface area contributed by atoms with Crippen molar-refractivity contribution in [2.24, 2.45) is 7.05 Å². The molecule has 0 fully saturated rings. The summed E-state index contributed by atoms with van der Waals surface area (Å²) >= 11 is 2.26. The van der Waals surface area contributed by atoms with Gasteiger partial charge in [0.15, 0.2) is 0 Å². The van der Waals surface area contributed by atoms with Crippen LogP contribution in [0.15, 0.2) is 12.3 Å². The van der Waals surface area contributed by atoms with Gasteiger partial charge >= 0.3 is 0 Å². The molecule has 0 amide bonds. The lowest BCUT2D eigenvalue weighted by Crippen LogP contribution is -1.99. The Balaban J connectivity index is 2.87. The second kappa shape index (κ2) is 3.51. The molecule has 74 valence electrons. The first kappa shape index (κ1) is 9.92. The SMILES string of the molecule is Cc1nc2c(ccn2C)c(I)c1CO. The standard InChI is InChI=1S/C10H11IN2O/c1-6-8(5-14)9(11)7-3-4-13(2)10(7)12-6/h3-4,14H,5H2,1-2H3. The minimum absolute atomic E-state index is 0.0575. The van der Waals surface area contributed by atoms with E-state index in [2.05, 4.69) is 27.6 Å². The predicted octanol–water partition coefficient (Wildman–Crippen LogP) is 1.98. The van der Waals surface area contributed by atoms with E-state index in [9.17, 15) is 5.11 Å². The average molecular weight is 302 g/mol. The molecule has 0 saturated heterocycles. The minimum Gasteiger partial charge on any atom is -0.392 e. The highest BCUT2D eigenvalue weighted by atomic mass is 127. The summed E-state index contributed by atoms with van der Waals surface area (Å²) in [5.41, 5.74) is 2.82. The lowest BCUT2D eigenvalue weighted by Gasteiger charge is -2.06. The van der Waals surface area contributed by atoms with E-state index in [1.165, 1.54) is 0 Å². The van der Waals surface area contributed by atoms with Crippen LogP contribution in [0.25, 0.3) is 11.0 Å². The Kier molecular flexibility index (Phi) is 2.48. The molecule has 0 radical (unpaired) electrons. The normalized spacial score (nSPS) is 11.1. The van der Waals surface area contributed by atoms with Crippen LogP contribution in [-0.4, -0.2) is 14.7 Å². The fraction of sp³-hybridized carbons (Fsp3) is 0.300. The van der Waals surface area contributed by atoms with E-state index in [1.807, 2.05) is 30.8 Å². The monoisotopic (exact) mass is 302 g/mol. The van der Waals surface area contributed by atoms with Gasteiger partial charge in [0.1, 0.15) is 5.65 Å². The molecule has 0 saturated carbocycles. The van der Waals surface area contributed by atoms with Crippen molar-refractivity contribution >= 4 is 33.6 Å². The van der Waals surface area contributed by atoms with Crippen molar-refractivity contribution in [2.45, 2.75) is 13.5 Å². The molecular formula is C10H11IN2O. The lowest BCUT2D eigenvalue weighted by atomic mass is 10.2. The number of fused-ring (bicyclic) bond motifs is 1. The summed E-state index contributed by atoms with van der Waals surface area (Å²) in [5, 5.41) is 10.3. The number of halogens is 1. The lowest BCUT2D eigenvalue weighted by molar-refractivity contribution is 0.280. The van der Waals surface area contributed by atoms with Crippen molar-refractivity contribution in [3.63, 3.8) is 0 Å². The number of aliphatic hydroxyl groups excluding tert-OH is 1. The summed E-state index contributed by atoms with van der Waals surface area (Å²) in [6.45, 7) is 1.99. The summed E-state index contributed by atoms with van der Waals surface area (Å²) in [4.78, 5) is 4.46. The van der Waals surface area contributed by atoms with Crippen LogP contribution in [0.1, 0.15) is 11.3 Å². The van der Waals surface area contributed by atoms with Gasteiger partial charge in [0, 0.05) is 33.5 Å². The molecule has 0 aliphatic rings. The van der Waals surface area contributed by atoms with Gasteiger partial charge in [0.05, 0.1) is 6.61 Å². The van der Waals surface area contributed by atoms with Crippen molar-refractivity contribution in [3.8, 4) is 0 Å². The first-order valence-electron chi connectivity index (χ1n) is 4.36. The van der Waals surface area contributed by atoms with Gasteiger partial charge in [-0.3, -0.25) is 0 Å². The molecule has 0 aliphatic heterocycles. The van der Waals surface area contributed by atoms with Crippen molar-refractivity contribution < 1.29 is 5.11 Å². The molecule has 1 N–H and O–H groups in total. The highest BCUT2D eigenvalue weighted by molar-refractivity contribution is 14.1. The first-order valence-corrected chi connectivity index (χ1v) is 5.44. The number of pyridine rings is 1. The summed E-state index contributed by atoms with van der Waals surface area (Å²) in [7, 11) is 1.98. The molecule has 0 unspecified atom stereocenters. The molecule has 0 atom stereocenters. The maximum absolute atomic E-state index is 9.21. The summed E-state index contributed by atoms with van der Waals surface area (Å²) < 4.78 is 3.10. The fourth-order valence-electron chi connectivity index (χ4n) is 1.56. The highest BCUT2D eigenvalue weighted by Gasteiger charge is 2.11. The smallest absolute Gasteiger partial charge is 0.140 e. The largest absolute Gasteiger partial charge is 0.392 e. The highest BCUT2D eigenvalue weighted by Crippen LogP contribution is 2.25. The molecular weight excluding hydrogens is 291 g/mol. The van der Waals surface area contributed by atoms with Gasteiger partial charge in [0.25, 0.3) is 0 Å². The molecule has 3 nitrogen and oxygen atoms in total. The summed E-state index contributed by atoms with van der Waals surface area (Å²) in [6.07, 6.45) is 1.99. The van der Waals surface area contributed by atoms with Crippen LogP contribution in [0.5, 0.6) is 0 Å². The Labute approximate surface area is 95.9 Å². The molecule has 0 spiro atoms. The van der Waals surface area contributed by atoms with Crippen LogP contribution >= 0.6 is 22.6 Å². The van der Waals surface area contributed by atoms with Gasteiger partial charge < -0.3 is 9.67 Å². The fourth-order valence-corrected chi connectivity index (χ4v) is 2.55. The Bertz CT molecular complexity index is 490. The number of nitrogens with zero attached hydrogens (tertiary/aromatic N) is 2. The van der Waals surface area contributed by atoms with E-state index in [4.69, 9.17) is 0 Å². The third-order valence-corrected chi connectivity index (χ3v) is 3.64. The van der Waals surface area contributed by atoms with Gasteiger partial charge in [-0.2, -0.15) is 0 Å². The van der Waals surface area contributed by atoms with Crippen LogP contribution < -0.4 is 0 Å². The van der Waals surface area contributed by atoms with Crippen LogP contribution in [-0.2, 0) is 13.7 Å². The topological polar surface area (TPSA) is 38.0 Å². The number of rotatable bonds is 1. The van der Waals surface area contributed by atoms with E-state index >= 15 is 0 Å². The van der Waals surface area contributed by atoms with E-state index in [-0.39, 0.29) is 6.61 Å². The van der Waals surface area contributed by atoms with E-state index in [0.717, 1.165) is 25.9 Å². The van der Waals surface area contributed by atoms with E-state index in [0.29, 0.717) is 0 Å². The van der Waals surface area contributed by atoms with E-state index < -0.39 is 0 Å². The molecule has 2 rings (SSSR count). The maximum Gasteiger partial charge on any atom is 0.140 e. The van der Waals surface area contributed by atoms with Gasteiger partial charge in [-0.05, 0) is 35.6 Å². The Morgan fingerprint density at radius 1 is 1.57 bits per heavy atom. The molecule has 2 aromatic rings. The number of hydrogen-bond acceptors (Lipinski definition) is 2. The zero-order chi connectivity index (χ0) is 10.3. The maximum atomic E-state index is 9.21. The quantitative estimate of drug-likeness (QED) is 0.818. The molecule has 0 bridgehead atoms. The van der Waals surface area contributed by atoms with Crippen LogP contribution in [0.2, 0.25) is 0 Å². The van der Waals surface area contributed by atoms with Crippen LogP contribution in [0.3, 0.4) is 0 Å². The average Bonchev–Trinajstić information content (AvgIpc) is 2.49. The van der Waals surface area contributed by atoms with Gasteiger partial charge in [-0.15, -0.1) is 0 Å². The zero-order valence-electron chi connectivity index (χ0n) is 8.08. The number of aliphatic hydroxyl groups is 1. The molecule has 0 aliphatic carbocycles. The van der Waals surface area contributed by atoms with Crippen LogP contribution in [0.4, 0.5) is 0 Å². The summed E-state index contributed by atoms with van der Waals surface area (Å²) in [6, 6.07) is 2.03. The van der Waals surface area contributed by atoms with E-state index in [1.54, 1.807) is 0 Å². The molecule has 0 aromatic carbocycles. The minimum atomic E-state index is 0.0575. The Morgan fingerprint density at radius 3 is 2.93 bits per heavy atom.